The number of ether oxygens (including phenoxy) is 3. The van der Waals surface area contributed by atoms with Gasteiger partial charge in [0, 0.05) is 19.3 Å². The van der Waals surface area contributed by atoms with Gasteiger partial charge >= 0.3 is 17.9 Å². The normalized spacial score (nSPS) is 12.5. The first kappa shape index (κ1) is 71.8. The number of allylic oxidation sites excluding steroid dienone is 12. The molecule has 0 amide bonds. The first-order valence-electron chi connectivity index (χ1n) is 32.4. The van der Waals surface area contributed by atoms with Gasteiger partial charge in [0.25, 0.3) is 0 Å². The van der Waals surface area contributed by atoms with Crippen molar-refractivity contribution in [3.05, 3.63) is 72.9 Å². The van der Waals surface area contributed by atoms with E-state index in [4.69, 9.17) is 14.2 Å². The molecule has 0 bridgehead atoms. The van der Waals surface area contributed by atoms with E-state index < -0.39 is 6.10 Å². The van der Waals surface area contributed by atoms with Crippen molar-refractivity contribution in [3.63, 3.8) is 0 Å². The Morgan fingerprint density at radius 3 is 0.880 bits per heavy atom. The molecule has 0 aromatic rings. The minimum atomic E-state index is -0.779. The van der Waals surface area contributed by atoms with E-state index in [1.807, 2.05) is 0 Å². The first-order valence-corrected chi connectivity index (χ1v) is 32.4. The van der Waals surface area contributed by atoms with E-state index in [9.17, 15) is 14.4 Å². The topological polar surface area (TPSA) is 78.9 Å². The summed E-state index contributed by atoms with van der Waals surface area (Å²) in [6.07, 6.45) is 82.3. The van der Waals surface area contributed by atoms with Crippen molar-refractivity contribution in [1.82, 2.24) is 0 Å². The Labute approximate surface area is 465 Å². The van der Waals surface area contributed by atoms with Crippen molar-refractivity contribution in [2.45, 2.75) is 335 Å². The highest BCUT2D eigenvalue weighted by molar-refractivity contribution is 5.71. The zero-order valence-corrected chi connectivity index (χ0v) is 49.8. The Bertz CT molecular complexity index is 1390. The van der Waals surface area contributed by atoms with Crippen LogP contribution >= 0.6 is 0 Å². The largest absolute Gasteiger partial charge is 0.462 e. The zero-order valence-electron chi connectivity index (χ0n) is 49.8. The van der Waals surface area contributed by atoms with Crippen LogP contribution < -0.4 is 0 Å². The minimum absolute atomic E-state index is 0.0773. The van der Waals surface area contributed by atoms with Gasteiger partial charge in [-0.05, 0) is 103 Å². The van der Waals surface area contributed by atoms with Crippen molar-refractivity contribution in [2.24, 2.45) is 0 Å². The van der Waals surface area contributed by atoms with Crippen LogP contribution in [0.2, 0.25) is 0 Å². The maximum Gasteiger partial charge on any atom is 0.306 e. The Balaban J connectivity index is 4.05. The van der Waals surface area contributed by atoms with Gasteiger partial charge in [0.15, 0.2) is 6.10 Å². The van der Waals surface area contributed by atoms with Crippen LogP contribution in [0, 0.1) is 0 Å². The van der Waals surface area contributed by atoms with Crippen molar-refractivity contribution < 1.29 is 28.6 Å². The highest BCUT2D eigenvalue weighted by Gasteiger charge is 2.19. The molecule has 0 rings (SSSR count). The van der Waals surface area contributed by atoms with E-state index in [1.54, 1.807) is 0 Å². The predicted molar refractivity (Wildman–Crippen MR) is 325 cm³/mol. The van der Waals surface area contributed by atoms with Crippen molar-refractivity contribution in [3.8, 4) is 0 Å². The van der Waals surface area contributed by atoms with Crippen molar-refractivity contribution in [2.75, 3.05) is 13.2 Å². The molecule has 0 aromatic carbocycles. The van der Waals surface area contributed by atoms with Crippen molar-refractivity contribution in [1.29, 1.82) is 0 Å². The second-order valence-electron chi connectivity index (χ2n) is 21.6. The quantitative estimate of drug-likeness (QED) is 0.0261. The van der Waals surface area contributed by atoms with Crippen LogP contribution in [0.25, 0.3) is 0 Å². The van der Waals surface area contributed by atoms with E-state index in [-0.39, 0.29) is 31.1 Å². The molecule has 0 aromatic heterocycles. The number of hydrogen-bond acceptors (Lipinski definition) is 6. The third-order valence-electron chi connectivity index (χ3n) is 14.1. The van der Waals surface area contributed by atoms with Crippen LogP contribution in [0.5, 0.6) is 0 Å². The van der Waals surface area contributed by atoms with Gasteiger partial charge in [-0.15, -0.1) is 0 Å². The smallest absolute Gasteiger partial charge is 0.306 e. The van der Waals surface area contributed by atoms with Gasteiger partial charge in [-0.2, -0.15) is 0 Å². The molecular formula is C69H122O6. The molecule has 6 nitrogen and oxygen atoms in total. The zero-order chi connectivity index (χ0) is 54.3. The molecule has 0 aliphatic rings. The maximum absolute atomic E-state index is 12.8. The molecule has 6 heteroatoms. The van der Waals surface area contributed by atoms with E-state index >= 15 is 0 Å². The molecule has 0 spiro atoms. The fourth-order valence-corrected chi connectivity index (χ4v) is 9.32. The molecule has 0 saturated heterocycles. The number of hydrogen-bond donors (Lipinski definition) is 0. The van der Waals surface area contributed by atoms with Gasteiger partial charge < -0.3 is 14.2 Å². The summed E-state index contributed by atoms with van der Waals surface area (Å²) in [7, 11) is 0. The van der Waals surface area contributed by atoms with Gasteiger partial charge in [0.05, 0.1) is 0 Å². The molecule has 0 N–H and O–H groups in total. The standard InChI is InChI=1S/C69H122O6/c1-4-7-10-13-16-19-22-24-26-27-28-29-30-31-32-33-34-35-36-37-38-39-40-41-42-43-44-46-47-50-53-56-59-62-68(71)74-65-66(64-73-67(70)61-58-55-52-49-21-18-15-12-9-6-3)75-69(72)63-60-57-54-51-48-45-25-23-20-17-14-11-8-5-2/h7,10,12,15-16,19,23-26,28-29,66H,4-6,8-9,11,13-14,17-18,20-22,27,30-65H2,1-3H3/b10-7-,15-12-,19-16-,25-23-,26-24-,29-28-. The lowest BCUT2D eigenvalue weighted by Crippen LogP contribution is -2.30. The summed E-state index contributed by atoms with van der Waals surface area (Å²) in [4.78, 5) is 38.1. The number of carbonyl (C=O) groups excluding carboxylic acids is 3. The van der Waals surface area contributed by atoms with Gasteiger partial charge in [-0.25, -0.2) is 0 Å². The summed E-state index contributed by atoms with van der Waals surface area (Å²) in [6.45, 7) is 6.47. The Kier molecular flexibility index (Phi) is 60.7. The Morgan fingerprint density at radius 1 is 0.280 bits per heavy atom. The third-order valence-corrected chi connectivity index (χ3v) is 14.1. The van der Waals surface area contributed by atoms with Crippen LogP contribution in [0.1, 0.15) is 329 Å². The summed E-state index contributed by atoms with van der Waals surface area (Å²) >= 11 is 0. The van der Waals surface area contributed by atoms with E-state index in [0.29, 0.717) is 19.3 Å². The van der Waals surface area contributed by atoms with Crippen LogP contribution in [0.3, 0.4) is 0 Å². The minimum Gasteiger partial charge on any atom is -0.462 e. The molecule has 0 heterocycles. The highest BCUT2D eigenvalue weighted by atomic mass is 16.6. The summed E-state index contributed by atoms with van der Waals surface area (Å²) < 4.78 is 16.9. The van der Waals surface area contributed by atoms with E-state index in [2.05, 4.69) is 93.7 Å². The van der Waals surface area contributed by atoms with E-state index in [0.717, 1.165) is 109 Å². The van der Waals surface area contributed by atoms with E-state index in [1.165, 1.54) is 180 Å². The van der Waals surface area contributed by atoms with Crippen LogP contribution in [-0.4, -0.2) is 37.2 Å². The molecule has 434 valence electrons. The third kappa shape index (κ3) is 61.6. The lowest BCUT2D eigenvalue weighted by atomic mass is 10.0. The lowest BCUT2D eigenvalue weighted by Gasteiger charge is -2.18. The number of rotatable bonds is 59. The Morgan fingerprint density at radius 2 is 0.547 bits per heavy atom. The fraction of sp³-hybridized carbons (Fsp3) is 0.783. The molecule has 1 atom stereocenters. The fourth-order valence-electron chi connectivity index (χ4n) is 9.32. The number of unbranched alkanes of at least 4 members (excludes halogenated alkanes) is 36. The summed E-state index contributed by atoms with van der Waals surface area (Å²) in [5, 5.41) is 0. The average Bonchev–Trinajstić information content (AvgIpc) is 3.41. The van der Waals surface area contributed by atoms with Crippen LogP contribution in [-0.2, 0) is 28.6 Å². The molecule has 0 saturated carbocycles. The number of carbonyl (C=O) groups is 3. The monoisotopic (exact) mass is 1050 g/mol. The molecule has 0 radical (unpaired) electrons. The second-order valence-corrected chi connectivity index (χ2v) is 21.6. The van der Waals surface area contributed by atoms with Gasteiger partial charge in [-0.3, -0.25) is 14.4 Å². The molecule has 75 heavy (non-hydrogen) atoms. The van der Waals surface area contributed by atoms with Crippen LogP contribution in [0.4, 0.5) is 0 Å². The second kappa shape index (κ2) is 63.4. The van der Waals surface area contributed by atoms with Gasteiger partial charge in [0.1, 0.15) is 13.2 Å². The lowest BCUT2D eigenvalue weighted by molar-refractivity contribution is -0.167. The molecule has 1 unspecified atom stereocenters. The molecule has 0 aliphatic carbocycles. The average molecular weight is 1050 g/mol. The first-order chi connectivity index (χ1) is 37.0. The van der Waals surface area contributed by atoms with Crippen LogP contribution in [0.15, 0.2) is 72.9 Å². The van der Waals surface area contributed by atoms with Gasteiger partial charge in [0.2, 0.25) is 0 Å². The highest BCUT2D eigenvalue weighted by Crippen LogP contribution is 2.17. The molecule has 0 fully saturated rings. The SMILES string of the molecule is CC/C=C\C/C=C\C/C=C\C/C=C\CCCCCCCCCCCCCCCCCCCCCCC(=O)OCC(COC(=O)CCCCCCC/C=C\CCC)OC(=O)CCCCCCC/C=C\CCCCCCC. The summed E-state index contributed by atoms with van der Waals surface area (Å²) in [5.74, 6) is -0.883. The molecule has 0 aliphatic heterocycles. The predicted octanol–water partition coefficient (Wildman–Crippen LogP) is 22.1. The Hall–Kier alpha value is -3.15. The summed E-state index contributed by atoms with van der Waals surface area (Å²) in [6, 6.07) is 0. The molecular weight excluding hydrogens is 925 g/mol. The maximum atomic E-state index is 12.8. The number of esters is 3. The van der Waals surface area contributed by atoms with Crippen molar-refractivity contribution >= 4 is 17.9 Å². The summed E-state index contributed by atoms with van der Waals surface area (Å²) in [5.41, 5.74) is 0. The van der Waals surface area contributed by atoms with Gasteiger partial charge in [-0.1, -0.05) is 280 Å².